The number of halogens is 1. The fourth-order valence-corrected chi connectivity index (χ4v) is 2.88. The minimum absolute atomic E-state index is 0. The lowest BCUT2D eigenvalue weighted by atomic mass is 9.85. The predicted molar refractivity (Wildman–Crippen MR) is 70.4 cm³/mol. The first kappa shape index (κ1) is 14.8. The summed E-state index contributed by atoms with van der Waals surface area (Å²) in [5.74, 6) is 0.633. The summed E-state index contributed by atoms with van der Waals surface area (Å²) in [6.07, 6.45) is 6.10. The second kappa shape index (κ2) is 5.57. The van der Waals surface area contributed by atoms with Gasteiger partial charge in [-0.05, 0) is 46.0 Å². The molecule has 0 aromatic carbocycles. The molecule has 1 aliphatic heterocycles. The molecule has 3 nitrogen and oxygen atoms in total. The SMILES string of the molecule is CC(C)(C)OC(=O)[C@@H]1C[C@@H]2CCCC[C@@H]2N1.Cl. The maximum absolute atomic E-state index is 11.9. The quantitative estimate of drug-likeness (QED) is 0.738. The first-order valence-electron chi connectivity index (χ1n) is 6.44. The third-order valence-electron chi connectivity index (χ3n) is 3.55. The Morgan fingerprint density at radius 3 is 2.47 bits per heavy atom. The molecule has 1 heterocycles. The van der Waals surface area contributed by atoms with Crippen LogP contribution in [-0.4, -0.2) is 23.7 Å². The highest BCUT2D eigenvalue weighted by Gasteiger charge is 2.39. The summed E-state index contributed by atoms with van der Waals surface area (Å²) in [6.45, 7) is 5.77. The van der Waals surface area contributed by atoms with Gasteiger partial charge < -0.3 is 10.1 Å². The van der Waals surface area contributed by atoms with Gasteiger partial charge in [0, 0.05) is 6.04 Å². The zero-order valence-electron chi connectivity index (χ0n) is 11.0. The van der Waals surface area contributed by atoms with Crippen molar-refractivity contribution in [2.24, 2.45) is 5.92 Å². The summed E-state index contributed by atoms with van der Waals surface area (Å²) in [7, 11) is 0. The van der Waals surface area contributed by atoms with E-state index >= 15 is 0 Å². The number of fused-ring (bicyclic) bond motifs is 1. The van der Waals surface area contributed by atoms with Gasteiger partial charge in [-0.15, -0.1) is 12.4 Å². The van der Waals surface area contributed by atoms with Crippen LogP contribution in [0.5, 0.6) is 0 Å². The Bertz CT molecular complexity index is 261. The van der Waals surface area contributed by atoms with E-state index in [-0.39, 0.29) is 30.0 Å². The highest BCUT2D eigenvalue weighted by molar-refractivity contribution is 5.85. The monoisotopic (exact) mass is 261 g/mol. The molecule has 0 spiro atoms. The molecular formula is C13H24ClNO2. The Balaban J connectivity index is 0.00000144. The Morgan fingerprint density at radius 1 is 1.24 bits per heavy atom. The molecule has 0 unspecified atom stereocenters. The molecule has 0 bridgehead atoms. The predicted octanol–water partition coefficient (Wildman–Crippen LogP) is 2.67. The Labute approximate surface area is 110 Å². The lowest BCUT2D eigenvalue weighted by molar-refractivity contribution is -0.157. The number of nitrogens with one attached hydrogen (secondary N) is 1. The lowest BCUT2D eigenvalue weighted by Gasteiger charge is -2.24. The van der Waals surface area contributed by atoms with Crippen molar-refractivity contribution in [3.05, 3.63) is 0 Å². The molecular weight excluding hydrogens is 238 g/mol. The minimum atomic E-state index is -0.369. The first-order chi connectivity index (χ1) is 7.46. The van der Waals surface area contributed by atoms with Gasteiger partial charge in [0.15, 0.2) is 0 Å². The minimum Gasteiger partial charge on any atom is -0.459 e. The molecule has 0 aromatic rings. The Morgan fingerprint density at radius 2 is 1.88 bits per heavy atom. The Kier molecular flexibility index (Phi) is 4.85. The largest absolute Gasteiger partial charge is 0.459 e. The van der Waals surface area contributed by atoms with E-state index in [0.29, 0.717) is 12.0 Å². The average molecular weight is 262 g/mol. The van der Waals surface area contributed by atoms with Crippen molar-refractivity contribution in [1.82, 2.24) is 5.32 Å². The topological polar surface area (TPSA) is 38.3 Å². The van der Waals surface area contributed by atoms with Crippen molar-refractivity contribution >= 4 is 18.4 Å². The van der Waals surface area contributed by atoms with Crippen LogP contribution in [0.1, 0.15) is 52.9 Å². The molecule has 2 rings (SSSR count). The van der Waals surface area contributed by atoms with Crippen molar-refractivity contribution in [1.29, 1.82) is 0 Å². The normalized spacial score (nSPS) is 32.5. The van der Waals surface area contributed by atoms with Crippen LogP contribution in [0.2, 0.25) is 0 Å². The van der Waals surface area contributed by atoms with E-state index in [1.165, 1.54) is 25.7 Å². The molecule has 1 saturated heterocycles. The van der Waals surface area contributed by atoms with Crippen LogP contribution in [0.15, 0.2) is 0 Å². The summed E-state index contributed by atoms with van der Waals surface area (Å²) >= 11 is 0. The lowest BCUT2D eigenvalue weighted by Crippen LogP contribution is -2.40. The van der Waals surface area contributed by atoms with E-state index in [1.807, 2.05) is 20.8 Å². The summed E-state index contributed by atoms with van der Waals surface area (Å²) in [4.78, 5) is 11.9. The molecule has 1 aliphatic carbocycles. The maximum atomic E-state index is 11.9. The van der Waals surface area contributed by atoms with E-state index in [2.05, 4.69) is 5.32 Å². The molecule has 0 radical (unpaired) electrons. The molecule has 1 saturated carbocycles. The van der Waals surface area contributed by atoms with Crippen molar-refractivity contribution in [2.45, 2.75) is 70.6 Å². The number of rotatable bonds is 1. The third-order valence-corrected chi connectivity index (χ3v) is 3.55. The van der Waals surface area contributed by atoms with Crippen molar-refractivity contribution < 1.29 is 9.53 Å². The van der Waals surface area contributed by atoms with Gasteiger partial charge >= 0.3 is 5.97 Å². The molecule has 1 N–H and O–H groups in total. The molecule has 3 atom stereocenters. The molecule has 17 heavy (non-hydrogen) atoms. The van der Waals surface area contributed by atoms with E-state index < -0.39 is 0 Å². The Hall–Kier alpha value is -0.280. The molecule has 0 aromatic heterocycles. The smallest absolute Gasteiger partial charge is 0.323 e. The molecule has 100 valence electrons. The van der Waals surface area contributed by atoms with Crippen LogP contribution in [0.3, 0.4) is 0 Å². The third kappa shape index (κ3) is 3.85. The van der Waals surface area contributed by atoms with E-state index in [9.17, 15) is 4.79 Å². The average Bonchev–Trinajstić information content (AvgIpc) is 2.58. The highest BCUT2D eigenvalue weighted by atomic mass is 35.5. The van der Waals surface area contributed by atoms with Gasteiger partial charge in [0.05, 0.1) is 0 Å². The van der Waals surface area contributed by atoms with Crippen LogP contribution in [0, 0.1) is 5.92 Å². The fourth-order valence-electron chi connectivity index (χ4n) is 2.88. The number of hydrogen-bond donors (Lipinski definition) is 1. The van der Waals surface area contributed by atoms with Gasteiger partial charge in [-0.1, -0.05) is 12.8 Å². The summed E-state index contributed by atoms with van der Waals surface area (Å²) in [6, 6.07) is 0.499. The van der Waals surface area contributed by atoms with Crippen LogP contribution >= 0.6 is 12.4 Å². The van der Waals surface area contributed by atoms with Gasteiger partial charge in [0.2, 0.25) is 0 Å². The van der Waals surface area contributed by atoms with Crippen LogP contribution in [0.4, 0.5) is 0 Å². The van der Waals surface area contributed by atoms with Gasteiger partial charge in [-0.25, -0.2) is 0 Å². The second-order valence-corrected chi connectivity index (χ2v) is 6.14. The standard InChI is InChI=1S/C13H23NO2.ClH/c1-13(2,3)16-12(15)11-8-9-6-4-5-7-10(9)14-11;/h9-11,14H,4-8H2,1-3H3;1H/t9-,10-,11-;/m0./s1. The zero-order valence-corrected chi connectivity index (χ0v) is 11.8. The van der Waals surface area contributed by atoms with Gasteiger partial charge in [0.1, 0.15) is 11.6 Å². The summed E-state index contributed by atoms with van der Waals surface area (Å²) < 4.78 is 5.43. The van der Waals surface area contributed by atoms with Gasteiger partial charge in [0.25, 0.3) is 0 Å². The number of ether oxygens (including phenoxy) is 1. The van der Waals surface area contributed by atoms with Crippen LogP contribution < -0.4 is 5.32 Å². The van der Waals surface area contributed by atoms with Crippen molar-refractivity contribution in [2.75, 3.05) is 0 Å². The summed E-state index contributed by atoms with van der Waals surface area (Å²) in [5, 5.41) is 3.44. The first-order valence-corrected chi connectivity index (χ1v) is 6.44. The molecule has 2 fully saturated rings. The van der Waals surface area contributed by atoms with Crippen LogP contribution in [0.25, 0.3) is 0 Å². The number of carbonyl (C=O) groups excluding carboxylic acids is 1. The van der Waals surface area contributed by atoms with Crippen LogP contribution in [-0.2, 0) is 9.53 Å². The van der Waals surface area contributed by atoms with Crippen molar-refractivity contribution in [3.63, 3.8) is 0 Å². The number of esters is 1. The van der Waals surface area contributed by atoms with E-state index in [1.54, 1.807) is 0 Å². The molecule has 2 aliphatic rings. The molecule has 4 heteroatoms. The van der Waals surface area contributed by atoms with Gasteiger partial charge in [-0.3, -0.25) is 4.79 Å². The van der Waals surface area contributed by atoms with Crippen molar-refractivity contribution in [3.8, 4) is 0 Å². The maximum Gasteiger partial charge on any atom is 0.323 e. The van der Waals surface area contributed by atoms with Gasteiger partial charge in [-0.2, -0.15) is 0 Å². The molecule has 0 amide bonds. The number of hydrogen-bond acceptors (Lipinski definition) is 3. The number of carbonyl (C=O) groups is 1. The van der Waals surface area contributed by atoms with E-state index in [4.69, 9.17) is 4.74 Å². The second-order valence-electron chi connectivity index (χ2n) is 6.14. The van der Waals surface area contributed by atoms with E-state index in [0.717, 1.165) is 6.42 Å². The zero-order chi connectivity index (χ0) is 11.8. The highest BCUT2D eigenvalue weighted by Crippen LogP contribution is 2.33. The fraction of sp³-hybridized carbons (Fsp3) is 0.923. The summed E-state index contributed by atoms with van der Waals surface area (Å²) in [5.41, 5.74) is -0.369.